The average molecular weight is 289 g/mol. The molecular formula is C13H18BrFO. The lowest BCUT2D eigenvalue weighted by atomic mass is 9.93. The van der Waals surface area contributed by atoms with Gasteiger partial charge in [0.15, 0.2) is 0 Å². The van der Waals surface area contributed by atoms with Crippen molar-refractivity contribution in [3.8, 4) is 0 Å². The van der Waals surface area contributed by atoms with Gasteiger partial charge >= 0.3 is 0 Å². The quantitative estimate of drug-likeness (QED) is 0.739. The van der Waals surface area contributed by atoms with Crippen LogP contribution in [0.25, 0.3) is 0 Å². The number of hydrogen-bond acceptors (Lipinski definition) is 1. The van der Waals surface area contributed by atoms with Gasteiger partial charge < -0.3 is 4.74 Å². The van der Waals surface area contributed by atoms with Crippen LogP contribution in [0.2, 0.25) is 0 Å². The molecule has 16 heavy (non-hydrogen) atoms. The Morgan fingerprint density at radius 2 is 2.00 bits per heavy atom. The number of rotatable bonds is 4. The van der Waals surface area contributed by atoms with Crippen molar-refractivity contribution in [1.82, 2.24) is 0 Å². The zero-order valence-electron chi connectivity index (χ0n) is 10.0. The van der Waals surface area contributed by atoms with Crippen LogP contribution in [0.4, 0.5) is 4.39 Å². The molecule has 3 heteroatoms. The molecule has 0 aliphatic rings. The van der Waals surface area contributed by atoms with Crippen LogP contribution in [-0.2, 0) is 11.3 Å². The first-order valence-corrected chi connectivity index (χ1v) is 6.19. The average Bonchev–Trinajstić information content (AvgIpc) is 2.13. The summed E-state index contributed by atoms with van der Waals surface area (Å²) in [5.41, 5.74) is 0.871. The third-order valence-electron chi connectivity index (χ3n) is 2.27. The van der Waals surface area contributed by atoms with E-state index in [1.54, 1.807) is 6.07 Å². The highest BCUT2D eigenvalue weighted by Gasteiger charge is 2.10. The Hall–Kier alpha value is -0.410. The summed E-state index contributed by atoms with van der Waals surface area (Å²) in [6, 6.07) is 5.03. The van der Waals surface area contributed by atoms with Crippen LogP contribution < -0.4 is 0 Å². The van der Waals surface area contributed by atoms with Crippen LogP contribution in [0.1, 0.15) is 32.8 Å². The summed E-state index contributed by atoms with van der Waals surface area (Å²) >= 11 is 3.22. The lowest BCUT2D eigenvalue weighted by Crippen LogP contribution is -2.09. The summed E-state index contributed by atoms with van der Waals surface area (Å²) < 4.78 is 19.6. The van der Waals surface area contributed by atoms with E-state index in [1.165, 1.54) is 6.07 Å². The van der Waals surface area contributed by atoms with E-state index in [9.17, 15) is 4.39 Å². The Morgan fingerprint density at radius 3 is 2.56 bits per heavy atom. The first kappa shape index (κ1) is 13.7. The van der Waals surface area contributed by atoms with Gasteiger partial charge in [-0.05, 0) is 24.0 Å². The van der Waals surface area contributed by atoms with Gasteiger partial charge in [0.05, 0.1) is 6.61 Å². The van der Waals surface area contributed by atoms with Crippen LogP contribution in [0.15, 0.2) is 22.7 Å². The van der Waals surface area contributed by atoms with Crippen LogP contribution in [-0.4, -0.2) is 6.61 Å². The third kappa shape index (κ3) is 5.08. The van der Waals surface area contributed by atoms with Crippen LogP contribution in [0, 0.1) is 11.2 Å². The molecule has 0 N–H and O–H groups in total. The summed E-state index contributed by atoms with van der Waals surface area (Å²) in [6.45, 7) is 7.50. The highest BCUT2D eigenvalue weighted by Crippen LogP contribution is 2.19. The molecule has 90 valence electrons. The van der Waals surface area contributed by atoms with Crippen molar-refractivity contribution in [2.24, 2.45) is 5.41 Å². The largest absolute Gasteiger partial charge is 0.377 e. The number of benzene rings is 1. The maximum absolute atomic E-state index is 13.4. The van der Waals surface area contributed by atoms with E-state index in [-0.39, 0.29) is 11.2 Å². The minimum atomic E-state index is -0.217. The number of halogens is 2. The predicted octanol–water partition coefficient (Wildman–Crippen LogP) is 4.54. The number of ether oxygens (including phenoxy) is 1. The first-order valence-electron chi connectivity index (χ1n) is 5.40. The van der Waals surface area contributed by atoms with E-state index in [4.69, 9.17) is 4.74 Å². The Morgan fingerprint density at radius 1 is 1.31 bits per heavy atom. The maximum atomic E-state index is 13.4. The minimum absolute atomic E-state index is 0.217. The summed E-state index contributed by atoms with van der Waals surface area (Å²) in [4.78, 5) is 0. The smallest absolute Gasteiger partial charge is 0.129 e. The predicted molar refractivity (Wildman–Crippen MR) is 67.8 cm³/mol. The van der Waals surface area contributed by atoms with Crippen LogP contribution in [0.5, 0.6) is 0 Å². The minimum Gasteiger partial charge on any atom is -0.377 e. The summed E-state index contributed by atoms with van der Waals surface area (Å²) in [7, 11) is 0. The molecule has 1 aromatic carbocycles. The molecule has 1 rings (SSSR count). The molecule has 1 nitrogen and oxygen atoms in total. The monoisotopic (exact) mass is 288 g/mol. The van der Waals surface area contributed by atoms with Crippen molar-refractivity contribution in [1.29, 1.82) is 0 Å². The third-order valence-corrected chi connectivity index (χ3v) is 2.76. The van der Waals surface area contributed by atoms with Crippen molar-refractivity contribution in [3.05, 3.63) is 34.1 Å². The van der Waals surface area contributed by atoms with Crippen molar-refractivity contribution in [2.45, 2.75) is 33.8 Å². The molecule has 0 saturated carbocycles. The van der Waals surface area contributed by atoms with Gasteiger partial charge in [0.25, 0.3) is 0 Å². The molecule has 0 aliphatic heterocycles. The fourth-order valence-corrected chi connectivity index (χ4v) is 1.53. The lowest BCUT2D eigenvalue weighted by molar-refractivity contribution is 0.0943. The van der Waals surface area contributed by atoms with Gasteiger partial charge in [-0.1, -0.05) is 42.8 Å². The van der Waals surface area contributed by atoms with Gasteiger partial charge in [-0.3, -0.25) is 0 Å². The summed E-state index contributed by atoms with van der Waals surface area (Å²) in [5.74, 6) is -0.217. The molecule has 0 aliphatic carbocycles. The summed E-state index contributed by atoms with van der Waals surface area (Å²) in [5, 5.41) is 0. The van der Waals surface area contributed by atoms with Gasteiger partial charge in [-0.25, -0.2) is 4.39 Å². The summed E-state index contributed by atoms with van der Waals surface area (Å²) in [6.07, 6.45) is 0.977. The normalized spacial score (nSPS) is 11.8. The molecule has 0 radical (unpaired) electrons. The van der Waals surface area contributed by atoms with E-state index in [2.05, 4.69) is 36.7 Å². The SMILES string of the molecule is CC(C)(C)CCOCc1ccc(Br)cc1F. The van der Waals surface area contributed by atoms with E-state index < -0.39 is 0 Å². The van der Waals surface area contributed by atoms with Crippen molar-refractivity contribution < 1.29 is 9.13 Å². The molecule has 0 bridgehead atoms. The van der Waals surface area contributed by atoms with Crippen LogP contribution in [0.3, 0.4) is 0 Å². The Kier molecular flexibility index (Phi) is 4.93. The maximum Gasteiger partial charge on any atom is 0.129 e. The molecule has 0 fully saturated rings. The topological polar surface area (TPSA) is 9.23 Å². The second kappa shape index (κ2) is 5.78. The molecule has 0 aromatic heterocycles. The fourth-order valence-electron chi connectivity index (χ4n) is 1.20. The van der Waals surface area contributed by atoms with Crippen molar-refractivity contribution in [2.75, 3.05) is 6.61 Å². The van der Waals surface area contributed by atoms with Gasteiger partial charge in [0.2, 0.25) is 0 Å². The molecule has 0 atom stereocenters. The van der Waals surface area contributed by atoms with Crippen molar-refractivity contribution >= 4 is 15.9 Å². The van der Waals surface area contributed by atoms with E-state index in [0.717, 1.165) is 10.9 Å². The second-order valence-corrected chi connectivity index (χ2v) is 6.01. The zero-order chi connectivity index (χ0) is 12.2. The Labute approximate surface area is 105 Å². The van der Waals surface area contributed by atoms with Gasteiger partial charge in [-0.15, -0.1) is 0 Å². The second-order valence-electron chi connectivity index (χ2n) is 5.10. The highest BCUT2D eigenvalue weighted by molar-refractivity contribution is 9.10. The molecule has 0 unspecified atom stereocenters. The van der Waals surface area contributed by atoms with Gasteiger partial charge in [0.1, 0.15) is 5.82 Å². The van der Waals surface area contributed by atoms with Crippen molar-refractivity contribution in [3.63, 3.8) is 0 Å². The Bertz CT molecular complexity index is 344. The van der Waals surface area contributed by atoms with E-state index >= 15 is 0 Å². The number of hydrogen-bond donors (Lipinski definition) is 0. The fraction of sp³-hybridized carbons (Fsp3) is 0.538. The van der Waals surface area contributed by atoms with Crippen LogP contribution >= 0.6 is 15.9 Å². The highest BCUT2D eigenvalue weighted by atomic mass is 79.9. The first-order chi connectivity index (χ1) is 7.38. The lowest BCUT2D eigenvalue weighted by Gasteiger charge is -2.17. The molecule has 1 aromatic rings. The molecule has 0 heterocycles. The van der Waals surface area contributed by atoms with Gasteiger partial charge in [0, 0.05) is 16.6 Å². The molecular weight excluding hydrogens is 271 g/mol. The zero-order valence-corrected chi connectivity index (χ0v) is 11.6. The Balaban J connectivity index is 2.38. The van der Waals surface area contributed by atoms with E-state index in [1.807, 2.05) is 6.07 Å². The van der Waals surface area contributed by atoms with E-state index in [0.29, 0.717) is 18.8 Å². The molecule has 0 spiro atoms. The molecule has 0 saturated heterocycles. The van der Waals surface area contributed by atoms with Gasteiger partial charge in [-0.2, -0.15) is 0 Å². The standard InChI is InChI=1S/C13H18BrFO/c1-13(2,3)6-7-16-9-10-4-5-11(14)8-12(10)15/h4-5,8H,6-7,9H2,1-3H3. The molecule has 0 amide bonds.